The molecule has 0 unspecified atom stereocenters. The van der Waals surface area contributed by atoms with Crippen molar-refractivity contribution in [2.24, 2.45) is 0 Å². The maximum absolute atomic E-state index is 10.5. The summed E-state index contributed by atoms with van der Waals surface area (Å²) in [5.41, 5.74) is 0. The van der Waals surface area contributed by atoms with Crippen molar-refractivity contribution >= 4 is 29.2 Å². The van der Waals surface area contributed by atoms with Crippen molar-refractivity contribution in [1.82, 2.24) is 0 Å². The first-order valence-corrected chi connectivity index (χ1v) is 5.08. The minimum atomic E-state index is -0.521. The van der Waals surface area contributed by atoms with Crippen LogP contribution in [0, 0.1) is 0 Å². The molecular formula is C4H3Cl2HgO2. The van der Waals surface area contributed by atoms with Gasteiger partial charge in [0.2, 0.25) is 0 Å². The first-order chi connectivity index (χ1) is 4.09. The molecule has 0 aliphatic carbocycles. The van der Waals surface area contributed by atoms with Gasteiger partial charge < -0.3 is 0 Å². The normalized spacial score (nSPS) is 12.6. The summed E-state index contributed by atoms with van der Waals surface area (Å²) in [5, 5.41) is 0.249. The minimum absolute atomic E-state index is 0.0207. The molecule has 47 valence electrons. The summed E-state index contributed by atoms with van der Waals surface area (Å²) in [6.45, 7) is 1.54. The van der Waals surface area contributed by atoms with Crippen molar-refractivity contribution < 1.29 is 34.0 Å². The van der Waals surface area contributed by atoms with Crippen molar-refractivity contribution in [2.45, 2.75) is 6.92 Å². The molecule has 0 aliphatic rings. The van der Waals surface area contributed by atoms with Gasteiger partial charge in [-0.2, -0.15) is 0 Å². The van der Waals surface area contributed by atoms with Crippen LogP contribution in [0.2, 0.25) is 0 Å². The van der Waals surface area contributed by atoms with E-state index < -0.39 is 5.97 Å². The molecule has 0 amide bonds. The summed E-state index contributed by atoms with van der Waals surface area (Å²) in [4.78, 5) is 10.5. The van der Waals surface area contributed by atoms with E-state index in [-0.39, 0.29) is 36.6 Å². The molecule has 2 nitrogen and oxygen atoms in total. The summed E-state index contributed by atoms with van der Waals surface area (Å²) < 4.78 is 4.45. The average molecular weight is 355 g/mol. The van der Waals surface area contributed by atoms with Crippen molar-refractivity contribution in [1.29, 1.82) is 0 Å². The number of halogens is 2. The Labute approximate surface area is 79.8 Å². The van der Waals surface area contributed by atoms with E-state index in [0.717, 1.165) is 0 Å². The monoisotopic (exact) mass is 355 g/mol. The Hall–Kier alpha value is 0.725. The molecule has 0 spiro atoms. The quantitative estimate of drug-likeness (QED) is 0.529. The third-order valence-corrected chi connectivity index (χ3v) is 2.36. The second-order valence-corrected chi connectivity index (χ2v) is 3.35. The molecule has 0 atom stereocenters. The zero-order valence-electron chi connectivity index (χ0n) is 4.78. The molecule has 0 aromatic heterocycles. The van der Waals surface area contributed by atoms with Gasteiger partial charge in [-0.3, -0.25) is 0 Å². The van der Waals surface area contributed by atoms with Crippen LogP contribution in [-0.2, 0) is 34.0 Å². The second kappa shape index (κ2) is 4.53. The van der Waals surface area contributed by atoms with Gasteiger partial charge in [0, 0.05) is 0 Å². The van der Waals surface area contributed by atoms with Gasteiger partial charge in [0.05, 0.1) is 0 Å². The summed E-state index contributed by atoms with van der Waals surface area (Å²) in [6.07, 6.45) is 0. The zero-order chi connectivity index (χ0) is 7.44. The summed E-state index contributed by atoms with van der Waals surface area (Å²) in [5.74, 6) is -0.521. The average Bonchev–Trinajstić information content (AvgIpc) is 1.84. The van der Waals surface area contributed by atoms with Gasteiger partial charge in [-0.25, -0.2) is 0 Å². The van der Waals surface area contributed by atoms with E-state index in [9.17, 15) is 4.79 Å². The van der Waals surface area contributed by atoms with Crippen LogP contribution in [0.5, 0.6) is 0 Å². The fourth-order valence-electron chi connectivity index (χ4n) is 0.204. The standard InChI is InChI=1S/C4H4Cl2O2.Hg/c1-2(5)3(6)4(7)8;/h1H3,(H,7,8);/q;+1/p-1/b3-2+;. The first kappa shape index (κ1) is 9.73. The van der Waals surface area contributed by atoms with Gasteiger partial charge in [-0.15, -0.1) is 0 Å². The van der Waals surface area contributed by atoms with E-state index in [0.29, 0.717) is 0 Å². The van der Waals surface area contributed by atoms with Gasteiger partial charge in [-0.05, 0) is 0 Å². The number of carbonyl (C=O) groups excluding carboxylic acids is 1. The molecule has 0 saturated carbocycles. The van der Waals surface area contributed by atoms with Crippen LogP contribution in [0.1, 0.15) is 6.92 Å². The van der Waals surface area contributed by atoms with Crippen LogP contribution in [0.15, 0.2) is 10.1 Å². The molecule has 0 heterocycles. The van der Waals surface area contributed by atoms with Crippen LogP contribution in [-0.4, -0.2) is 5.97 Å². The van der Waals surface area contributed by atoms with E-state index in [2.05, 4.69) is 2.64 Å². The van der Waals surface area contributed by atoms with E-state index in [4.69, 9.17) is 23.2 Å². The Morgan fingerprint density at radius 1 is 1.56 bits per heavy atom. The number of carbonyl (C=O) groups is 1. The Bertz CT molecular complexity index is 151. The van der Waals surface area contributed by atoms with E-state index >= 15 is 0 Å². The third kappa shape index (κ3) is 3.43. The topological polar surface area (TPSA) is 26.3 Å². The maximum atomic E-state index is 10.5. The number of hydrogen-bond donors (Lipinski definition) is 0. The van der Waals surface area contributed by atoms with Crippen LogP contribution < -0.4 is 0 Å². The van der Waals surface area contributed by atoms with Gasteiger partial charge in [0.1, 0.15) is 0 Å². The Morgan fingerprint density at radius 3 is 2.11 bits per heavy atom. The number of hydrogen-bond acceptors (Lipinski definition) is 2. The molecular weight excluding hydrogens is 352 g/mol. The molecule has 5 heteroatoms. The van der Waals surface area contributed by atoms with Gasteiger partial charge in [0.15, 0.2) is 0 Å². The summed E-state index contributed by atoms with van der Waals surface area (Å²) in [7, 11) is 0. The number of allylic oxidation sites excluding steroid dienone is 1. The van der Waals surface area contributed by atoms with Crippen molar-refractivity contribution in [3.05, 3.63) is 10.1 Å². The molecule has 0 radical (unpaired) electrons. The SMILES string of the molecule is C/C(Cl)=C(\Cl)C(=O)[O][Hg]. The predicted molar refractivity (Wildman–Crippen MR) is 30.5 cm³/mol. The van der Waals surface area contributed by atoms with Crippen LogP contribution in [0.25, 0.3) is 0 Å². The van der Waals surface area contributed by atoms with Gasteiger partial charge >= 0.3 is 80.2 Å². The molecule has 0 fully saturated rings. The molecule has 0 rings (SSSR count). The van der Waals surface area contributed by atoms with Gasteiger partial charge in [0.25, 0.3) is 0 Å². The fraction of sp³-hybridized carbons (Fsp3) is 0.250. The third-order valence-electron chi connectivity index (χ3n) is 0.613. The molecule has 0 aliphatic heterocycles. The molecule has 0 saturated heterocycles. The molecule has 9 heavy (non-hydrogen) atoms. The molecule has 0 bridgehead atoms. The van der Waals surface area contributed by atoms with Crippen LogP contribution in [0.3, 0.4) is 0 Å². The predicted octanol–water partition coefficient (Wildman–Crippen LogP) is 1.70. The van der Waals surface area contributed by atoms with E-state index in [1.807, 2.05) is 0 Å². The van der Waals surface area contributed by atoms with Crippen molar-refractivity contribution in [2.75, 3.05) is 0 Å². The Balaban J connectivity index is 4.21. The zero-order valence-corrected chi connectivity index (χ0v) is 11.8. The molecule has 0 N–H and O–H groups in total. The number of rotatable bonds is 1. The fourth-order valence-corrected chi connectivity index (χ4v) is 1.25. The molecule has 0 aromatic rings. The van der Waals surface area contributed by atoms with E-state index in [1.54, 1.807) is 0 Å². The van der Waals surface area contributed by atoms with Crippen molar-refractivity contribution in [3.63, 3.8) is 0 Å². The van der Waals surface area contributed by atoms with Gasteiger partial charge in [-0.1, -0.05) is 0 Å². The summed E-state index contributed by atoms with van der Waals surface area (Å²) in [6, 6.07) is 0. The summed E-state index contributed by atoms with van der Waals surface area (Å²) >= 11 is 10.7. The second-order valence-electron chi connectivity index (χ2n) is 1.28. The van der Waals surface area contributed by atoms with Crippen LogP contribution in [0.4, 0.5) is 0 Å². The van der Waals surface area contributed by atoms with Crippen molar-refractivity contribution in [3.8, 4) is 0 Å². The van der Waals surface area contributed by atoms with E-state index in [1.165, 1.54) is 6.92 Å². The first-order valence-electron chi connectivity index (χ1n) is 2.07. The Kier molecular flexibility index (Phi) is 4.89. The van der Waals surface area contributed by atoms with Crippen LogP contribution >= 0.6 is 23.2 Å². The Morgan fingerprint density at radius 2 is 2.00 bits per heavy atom. The molecule has 0 aromatic carbocycles.